The van der Waals surface area contributed by atoms with Crippen LogP contribution in [0.2, 0.25) is 0 Å². The maximum Gasteiger partial charge on any atom is 0.251 e. The second-order valence-electron chi connectivity index (χ2n) is 6.81. The molecular weight excluding hydrogens is 368 g/mol. The average molecular weight is 394 g/mol. The van der Waals surface area contributed by atoms with Gasteiger partial charge in [0.25, 0.3) is 5.91 Å². The number of fused-ring (bicyclic) bond motifs is 1. The molecule has 1 heterocycles. The lowest BCUT2D eigenvalue weighted by Gasteiger charge is -2.10. The molecule has 152 valence electrons. The van der Waals surface area contributed by atoms with Crippen LogP contribution in [0.25, 0.3) is 6.08 Å². The molecule has 2 aromatic carbocycles. The molecule has 0 spiro atoms. The Balaban J connectivity index is 1.51. The van der Waals surface area contributed by atoms with E-state index in [1.807, 2.05) is 44.2 Å². The van der Waals surface area contributed by atoms with Gasteiger partial charge in [0.2, 0.25) is 5.91 Å². The molecule has 0 saturated heterocycles. The molecule has 0 bridgehead atoms. The van der Waals surface area contributed by atoms with Crippen LogP contribution in [-0.2, 0) is 11.2 Å². The summed E-state index contributed by atoms with van der Waals surface area (Å²) < 4.78 is 11.5. The van der Waals surface area contributed by atoms with E-state index in [0.29, 0.717) is 25.3 Å². The molecule has 2 aromatic rings. The molecule has 0 radical (unpaired) electrons. The highest BCUT2D eigenvalue weighted by molar-refractivity contribution is 5.94. The van der Waals surface area contributed by atoms with E-state index in [4.69, 9.17) is 9.47 Å². The van der Waals surface area contributed by atoms with Crippen molar-refractivity contribution in [2.75, 3.05) is 19.7 Å². The maximum atomic E-state index is 12.1. The largest absolute Gasteiger partial charge is 0.493 e. The van der Waals surface area contributed by atoms with Gasteiger partial charge in [-0.2, -0.15) is 0 Å². The van der Waals surface area contributed by atoms with Crippen molar-refractivity contribution in [1.82, 2.24) is 10.6 Å². The van der Waals surface area contributed by atoms with E-state index < -0.39 is 0 Å². The summed E-state index contributed by atoms with van der Waals surface area (Å²) >= 11 is 0. The summed E-state index contributed by atoms with van der Waals surface area (Å²) in [4.78, 5) is 24.1. The third-order valence-electron chi connectivity index (χ3n) is 4.49. The lowest BCUT2D eigenvalue weighted by molar-refractivity contribution is -0.116. The van der Waals surface area contributed by atoms with Gasteiger partial charge in [-0.05, 0) is 44.2 Å². The molecule has 29 heavy (non-hydrogen) atoms. The minimum Gasteiger partial charge on any atom is -0.493 e. The van der Waals surface area contributed by atoms with Crippen molar-refractivity contribution in [3.8, 4) is 11.5 Å². The number of nitrogens with one attached hydrogen (secondary N) is 2. The Hall–Kier alpha value is -3.28. The summed E-state index contributed by atoms with van der Waals surface area (Å²) in [5.41, 5.74) is 2.51. The topological polar surface area (TPSA) is 76.7 Å². The van der Waals surface area contributed by atoms with Crippen molar-refractivity contribution in [1.29, 1.82) is 0 Å². The van der Waals surface area contributed by atoms with Crippen molar-refractivity contribution < 1.29 is 19.1 Å². The van der Waals surface area contributed by atoms with Crippen molar-refractivity contribution in [2.45, 2.75) is 26.4 Å². The summed E-state index contributed by atoms with van der Waals surface area (Å²) in [6, 6.07) is 12.9. The van der Waals surface area contributed by atoms with Gasteiger partial charge in [0, 0.05) is 42.3 Å². The number of ether oxygens (including phenoxy) is 2. The van der Waals surface area contributed by atoms with E-state index in [2.05, 4.69) is 10.6 Å². The van der Waals surface area contributed by atoms with Crippen LogP contribution in [0.3, 0.4) is 0 Å². The monoisotopic (exact) mass is 394 g/mol. The van der Waals surface area contributed by atoms with Crippen molar-refractivity contribution in [2.24, 2.45) is 0 Å². The van der Waals surface area contributed by atoms with E-state index in [9.17, 15) is 9.59 Å². The molecular formula is C23H26N2O4. The number of hydrogen-bond acceptors (Lipinski definition) is 4. The second kappa shape index (κ2) is 9.78. The smallest absolute Gasteiger partial charge is 0.251 e. The molecule has 1 unspecified atom stereocenters. The molecule has 2 amide bonds. The molecule has 1 aliphatic heterocycles. The molecule has 6 heteroatoms. The van der Waals surface area contributed by atoms with E-state index >= 15 is 0 Å². The Bertz CT molecular complexity index is 893. The average Bonchev–Trinajstić information content (AvgIpc) is 3.09. The minimum atomic E-state index is -0.240. The van der Waals surface area contributed by atoms with Gasteiger partial charge in [0.15, 0.2) is 0 Å². The summed E-state index contributed by atoms with van der Waals surface area (Å²) in [5, 5.41) is 5.53. The number of hydrogen-bond donors (Lipinski definition) is 2. The molecule has 0 aromatic heterocycles. The Labute approximate surface area is 170 Å². The Kier molecular flexibility index (Phi) is 6.89. The molecule has 0 saturated carbocycles. The molecule has 0 aliphatic carbocycles. The normalized spacial score (nSPS) is 14.9. The maximum absolute atomic E-state index is 12.1. The van der Waals surface area contributed by atoms with Gasteiger partial charge in [-0.15, -0.1) is 0 Å². The fraction of sp³-hybridized carbons (Fsp3) is 0.304. The van der Waals surface area contributed by atoms with Crippen LogP contribution in [-0.4, -0.2) is 37.6 Å². The molecule has 1 atom stereocenters. The standard InChI is InChI=1S/C23H26N2O4/c1-3-28-20-15-19-13-16(2)29-21(19)14-18(20)9-10-22(26)24-11-12-25-23(27)17-7-5-4-6-8-17/h4-10,14-16H,3,11-13H2,1-2H3,(H,24,26)(H,25,27)/b10-9+. The Morgan fingerprint density at radius 1 is 1.17 bits per heavy atom. The van der Waals surface area contributed by atoms with Crippen LogP contribution >= 0.6 is 0 Å². The van der Waals surface area contributed by atoms with Crippen LogP contribution in [0.5, 0.6) is 11.5 Å². The highest BCUT2D eigenvalue weighted by atomic mass is 16.5. The Morgan fingerprint density at radius 2 is 1.93 bits per heavy atom. The van der Waals surface area contributed by atoms with E-state index in [0.717, 1.165) is 29.0 Å². The molecule has 0 fully saturated rings. The highest BCUT2D eigenvalue weighted by Crippen LogP contribution is 2.35. The summed E-state index contributed by atoms with van der Waals surface area (Å²) in [5.74, 6) is 1.17. The van der Waals surface area contributed by atoms with Gasteiger partial charge in [-0.1, -0.05) is 18.2 Å². The van der Waals surface area contributed by atoms with Gasteiger partial charge >= 0.3 is 0 Å². The van der Waals surface area contributed by atoms with Gasteiger partial charge in [0.1, 0.15) is 17.6 Å². The number of carbonyl (C=O) groups excluding carboxylic acids is 2. The first-order chi connectivity index (χ1) is 14.1. The summed E-state index contributed by atoms with van der Waals surface area (Å²) in [6.45, 7) is 5.19. The van der Waals surface area contributed by atoms with Crippen molar-refractivity contribution in [3.63, 3.8) is 0 Å². The number of amides is 2. The fourth-order valence-corrected chi connectivity index (χ4v) is 3.14. The third-order valence-corrected chi connectivity index (χ3v) is 4.49. The van der Waals surface area contributed by atoms with Gasteiger partial charge in [-0.3, -0.25) is 9.59 Å². The zero-order valence-electron chi connectivity index (χ0n) is 16.7. The van der Waals surface area contributed by atoms with Crippen LogP contribution < -0.4 is 20.1 Å². The van der Waals surface area contributed by atoms with Crippen LogP contribution in [0.1, 0.15) is 35.3 Å². The zero-order chi connectivity index (χ0) is 20.6. The first kappa shape index (κ1) is 20.5. The van der Waals surface area contributed by atoms with E-state index in [-0.39, 0.29) is 17.9 Å². The first-order valence-electron chi connectivity index (χ1n) is 9.82. The first-order valence-corrected chi connectivity index (χ1v) is 9.82. The number of rotatable bonds is 8. The minimum absolute atomic E-state index is 0.146. The predicted octanol–water partition coefficient (Wildman–Crippen LogP) is 2.97. The molecule has 2 N–H and O–H groups in total. The highest BCUT2D eigenvalue weighted by Gasteiger charge is 2.21. The van der Waals surface area contributed by atoms with Gasteiger partial charge < -0.3 is 20.1 Å². The lowest BCUT2D eigenvalue weighted by atomic mass is 10.1. The van der Waals surface area contributed by atoms with E-state index in [1.54, 1.807) is 18.2 Å². The van der Waals surface area contributed by atoms with Crippen LogP contribution in [0.4, 0.5) is 0 Å². The van der Waals surface area contributed by atoms with E-state index in [1.165, 1.54) is 6.08 Å². The van der Waals surface area contributed by atoms with Gasteiger partial charge in [0.05, 0.1) is 6.61 Å². The summed E-state index contributed by atoms with van der Waals surface area (Å²) in [6.07, 6.45) is 4.18. The quantitative estimate of drug-likeness (QED) is 0.533. The molecule has 6 nitrogen and oxygen atoms in total. The lowest BCUT2D eigenvalue weighted by Crippen LogP contribution is -2.33. The fourth-order valence-electron chi connectivity index (χ4n) is 3.14. The van der Waals surface area contributed by atoms with Gasteiger partial charge in [-0.25, -0.2) is 0 Å². The number of benzene rings is 2. The predicted molar refractivity (Wildman–Crippen MR) is 112 cm³/mol. The van der Waals surface area contributed by atoms with Crippen LogP contribution in [0.15, 0.2) is 48.5 Å². The summed E-state index contributed by atoms with van der Waals surface area (Å²) in [7, 11) is 0. The SMILES string of the molecule is CCOc1cc2c(cc1/C=C/C(=O)NCCNC(=O)c1ccccc1)OC(C)C2. The third kappa shape index (κ3) is 5.60. The Morgan fingerprint density at radius 3 is 2.69 bits per heavy atom. The zero-order valence-corrected chi connectivity index (χ0v) is 16.7. The molecule has 3 rings (SSSR count). The number of carbonyl (C=O) groups is 2. The second-order valence-corrected chi connectivity index (χ2v) is 6.81. The van der Waals surface area contributed by atoms with Crippen molar-refractivity contribution in [3.05, 3.63) is 65.2 Å². The van der Waals surface area contributed by atoms with Crippen molar-refractivity contribution >= 4 is 17.9 Å². The van der Waals surface area contributed by atoms with Crippen LogP contribution in [0, 0.1) is 0 Å². The molecule has 1 aliphatic rings.